The number of para-hydroxylation sites is 1. The minimum absolute atomic E-state index is 0. The van der Waals surface area contributed by atoms with Crippen LogP contribution in [-0.4, -0.2) is 73.3 Å². The van der Waals surface area contributed by atoms with Crippen LogP contribution >= 0.6 is 24.2 Å². The molecule has 0 aromatic heterocycles. The normalized spacial score (nSPS) is 17.2. The molecule has 0 saturated carbocycles. The van der Waals surface area contributed by atoms with Gasteiger partial charge < -0.3 is 10.2 Å². The molecule has 0 unspecified atom stereocenters. The van der Waals surface area contributed by atoms with E-state index in [4.69, 9.17) is 0 Å². The molecule has 6 nitrogen and oxygen atoms in total. The first-order valence-electron chi connectivity index (χ1n) is 11.0. The fourth-order valence-electron chi connectivity index (χ4n) is 3.91. The van der Waals surface area contributed by atoms with Gasteiger partial charge in [0.1, 0.15) is 0 Å². The summed E-state index contributed by atoms with van der Waals surface area (Å²) in [5.74, 6) is 1.08. The number of urea groups is 1. The van der Waals surface area contributed by atoms with E-state index in [1.165, 1.54) is 34.1 Å². The quantitative estimate of drug-likeness (QED) is 0.312. The summed E-state index contributed by atoms with van der Waals surface area (Å²) in [5, 5.41) is 2.57. The van der Waals surface area contributed by atoms with Crippen molar-refractivity contribution in [1.82, 2.24) is 15.1 Å². The lowest BCUT2D eigenvalue weighted by atomic mass is 10.1. The van der Waals surface area contributed by atoms with Gasteiger partial charge in [-0.25, -0.2) is 4.79 Å². The molecule has 2 saturated heterocycles. The summed E-state index contributed by atoms with van der Waals surface area (Å²) in [6, 6.07) is 8.57. The number of rotatable bonds is 11. The number of hydrogen-bond acceptors (Lipinski definition) is 5. The van der Waals surface area contributed by atoms with Gasteiger partial charge in [0.05, 0.1) is 12.2 Å². The zero-order valence-electron chi connectivity index (χ0n) is 18.0. The smallest absolute Gasteiger partial charge is 0.324 e. The van der Waals surface area contributed by atoms with E-state index in [2.05, 4.69) is 46.3 Å². The highest BCUT2D eigenvalue weighted by Crippen LogP contribution is 2.31. The topological polar surface area (TPSA) is 55.9 Å². The minimum atomic E-state index is -0.234. The van der Waals surface area contributed by atoms with Crippen molar-refractivity contribution in [3.63, 3.8) is 0 Å². The van der Waals surface area contributed by atoms with Gasteiger partial charge in [-0.15, -0.1) is 24.2 Å². The minimum Gasteiger partial charge on any atom is -0.368 e. The van der Waals surface area contributed by atoms with Crippen LogP contribution in [0.2, 0.25) is 0 Å². The Morgan fingerprint density at radius 3 is 2.33 bits per heavy atom. The number of anilines is 1. The molecular weight excluding hydrogens is 420 g/mol. The number of imide groups is 1. The summed E-state index contributed by atoms with van der Waals surface area (Å²) < 4.78 is 0. The molecule has 8 heteroatoms. The van der Waals surface area contributed by atoms with Crippen molar-refractivity contribution < 1.29 is 9.59 Å². The van der Waals surface area contributed by atoms with Crippen molar-refractivity contribution in [2.24, 2.45) is 0 Å². The molecule has 3 rings (SSSR count). The summed E-state index contributed by atoms with van der Waals surface area (Å²) in [6.07, 6.45) is 5.51. The molecule has 2 heterocycles. The number of nitrogens with one attached hydrogen (secondary N) is 1. The molecule has 0 aliphatic carbocycles. The van der Waals surface area contributed by atoms with Crippen molar-refractivity contribution in [1.29, 1.82) is 0 Å². The lowest BCUT2D eigenvalue weighted by molar-refractivity contribution is -0.125. The number of benzene rings is 1. The van der Waals surface area contributed by atoms with Crippen LogP contribution in [0.15, 0.2) is 29.2 Å². The van der Waals surface area contributed by atoms with Gasteiger partial charge in [0.2, 0.25) is 5.91 Å². The Bertz CT molecular complexity index is 667. The van der Waals surface area contributed by atoms with Gasteiger partial charge in [-0.05, 0) is 43.7 Å². The largest absolute Gasteiger partial charge is 0.368 e. The average Bonchev–Trinajstić information content (AvgIpc) is 3.07. The Morgan fingerprint density at radius 1 is 0.967 bits per heavy atom. The molecule has 0 bridgehead atoms. The second kappa shape index (κ2) is 13.1. The molecule has 2 aliphatic rings. The number of halogens is 1. The van der Waals surface area contributed by atoms with Crippen molar-refractivity contribution in [2.75, 3.05) is 56.5 Å². The maximum Gasteiger partial charge on any atom is 0.324 e. The maximum atomic E-state index is 11.5. The molecule has 168 valence electrons. The Labute approximate surface area is 191 Å². The average molecular weight is 455 g/mol. The summed E-state index contributed by atoms with van der Waals surface area (Å²) in [6.45, 7) is 8.52. The fraction of sp³-hybridized carbons (Fsp3) is 0.636. The molecule has 2 aliphatic heterocycles. The van der Waals surface area contributed by atoms with E-state index in [0.717, 1.165) is 52.0 Å². The maximum absolute atomic E-state index is 11.5. The van der Waals surface area contributed by atoms with Crippen molar-refractivity contribution in [2.45, 2.75) is 43.9 Å². The Morgan fingerprint density at radius 2 is 1.67 bits per heavy atom. The third-order valence-corrected chi connectivity index (χ3v) is 6.85. The number of piperazine rings is 1. The number of unbranched alkanes of at least 4 members (excludes halogenated alkanes) is 3. The second-order valence-corrected chi connectivity index (χ2v) is 8.90. The van der Waals surface area contributed by atoms with Gasteiger partial charge in [-0.1, -0.05) is 31.9 Å². The number of carbonyl (C=O) groups is 2. The van der Waals surface area contributed by atoms with E-state index in [-0.39, 0.29) is 30.9 Å². The molecule has 2 fully saturated rings. The van der Waals surface area contributed by atoms with Crippen LogP contribution in [0.4, 0.5) is 10.5 Å². The van der Waals surface area contributed by atoms with Crippen molar-refractivity contribution in [3.8, 4) is 0 Å². The Hall–Kier alpha value is -1.44. The van der Waals surface area contributed by atoms with Crippen LogP contribution < -0.4 is 10.2 Å². The number of amides is 3. The highest BCUT2D eigenvalue weighted by atomic mass is 35.5. The molecule has 1 aromatic carbocycles. The van der Waals surface area contributed by atoms with Crippen LogP contribution in [0.1, 0.15) is 39.0 Å². The summed E-state index contributed by atoms with van der Waals surface area (Å²) in [4.78, 5) is 30.9. The van der Waals surface area contributed by atoms with Crippen LogP contribution in [-0.2, 0) is 4.79 Å². The van der Waals surface area contributed by atoms with E-state index in [1.54, 1.807) is 0 Å². The van der Waals surface area contributed by atoms with E-state index >= 15 is 0 Å². The third kappa shape index (κ3) is 7.06. The van der Waals surface area contributed by atoms with E-state index in [0.29, 0.717) is 6.54 Å². The van der Waals surface area contributed by atoms with Crippen LogP contribution in [0.25, 0.3) is 0 Å². The van der Waals surface area contributed by atoms with E-state index in [9.17, 15) is 9.59 Å². The van der Waals surface area contributed by atoms with E-state index in [1.807, 2.05) is 11.8 Å². The van der Waals surface area contributed by atoms with Gasteiger partial charge in [-0.2, -0.15) is 0 Å². The SMILES string of the molecule is CCCSc1ccccc1N1CCN(CCCCCCN2C(=O)CNC2=O)CC1.Cl. The molecule has 0 atom stereocenters. The number of thioether (sulfide) groups is 1. The standard InChI is InChI=1S/C22H34N4O2S.ClH/c1-2-17-29-20-10-6-5-9-19(20)25-15-13-24(14-16-25)11-7-3-4-8-12-26-21(27)18-23-22(26)28;/h5-6,9-10H,2-4,7-8,11-18H2,1H3,(H,23,28);1H. The molecule has 0 spiro atoms. The zero-order chi connectivity index (χ0) is 20.5. The number of hydrogen-bond donors (Lipinski definition) is 1. The van der Waals surface area contributed by atoms with Crippen molar-refractivity contribution in [3.05, 3.63) is 24.3 Å². The summed E-state index contributed by atoms with van der Waals surface area (Å²) in [7, 11) is 0. The Balaban J connectivity index is 0.00000320. The van der Waals surface area contributed by atoms with Gasteiger partial charge in [0.25, 0.3) is 0 Å². The molecule has 1 N–H and O–H groups in total. The monoisotopic (exact) mass is 454 g/mol. The van der Waals surface area contributed by atoms with Gasteiger partial charge in [0, 0.05) is 37.6 Å². The van der Waals surface area contributed by atoms with Crippen molar-refractivity contribution >= 4 is 41.8 Å². The first-order valence-corrected chi connectivity index (χ1v) is 11.9. The van der Waals surface area contributed by atoms with Crippen LogP contribution in [0, 0.1) is 0 Å². The van der Waals surface area contributed by atoms with Gasteiger partial charge >= 0.3 is 6.03 Å². The van der Waals surface area contributed by atoms with Crippen LogP contribution in [0.3, 0.4) is 0 Å². The third-order valence-electron chi connectivity index (χ3n) is 5.58. The predicted molar refractivity (Wildman–Crippen MR) is 127 cm³/mol. The molecular formula is C22H35ClN4O2S. The zero-order valence-corrected chi connectivity index (χ0v) is 19.6. The van der Waals surface area contributed by atoms with Gasteiger partial charge in [0.15, 0.2) is 0 Å². The molecule has 30 heavy (non-hydrogen) atoms. The lowest BCUT2D eigenvalue weighted by Crippen LogP contribution is -2.46. The summed E-state index contributed by atoms with van der Waals surface area (Å²) in [5.41, 5.74) is 1.39. The lowest BCUT2D eigenvalue weighted by Gasteiger charge is -2.37. The second-order valence-electron chi connectivity index (χ2n) is 7.76. The van der Waals surface area contributed by atoms with E-state index < -0.39 is 0 Å². The number of carbonyl (C=O) groups excluding carboxylic acids is 2. The highest BCUT2D eigenvalue weighted by Gasteiger charge is 2.27. The first-order chi connectivity index (χ1) is 14.2. The Kier molecular flexibility index (Phi) is 10.8. The first kappa shape index (κ1) is 24.8. The van der Waals surface area contributed by atoms with Gasteiger partial charge in [-0.3, -0.25) is 14.6 Å². The predicted octanol–water partition coefficient (Wildman–Crippen LogP) is 3.84. The summed E-state index contributed by atoms with van der Waals surface area (Å²) >= 11 is 1.97. The molecule has 0 radical (unpaired) electrons. The van der Waals surface area contributed by atoms with Crippen LogP contribution in [0.5, 0.6) is 0 Å². The fourth-order valence-corrected chi connectivity index (χ4v) is 4.85. The molecule has 3 amide bonds. The molecule has 1 aromatic rings. The highest BCUT2D eigenvalue weighted by molar-refractivity contribution is 7.99. The number of nitrogens with zero attached hydrogens (tertiary/aromatic N) is 3.